The maximum atomic E-state index is 12.9. The second kappa shape index (κ2) is 10.0. The number of fused-ring (bicyclic) bond motifs is 1. The van der Waals surface area contributed by atoms with Crippen LogP contribution < -0.4 is 10.0 Å². The van der Waals surface area contributed by atoms with Gasteiger partial charge in [0.05, 0.1) is 24.1 Å². The number of aliphatic carboxylic acids is 1. The van der Waals surface area contributed by atoms with Gasteiger partial charge in [-0.3, -0.25) is 9.59 Å². The van der Waals surface area contributed by atoms with Gasteiger partial charge in [0.25, 0.3) is 0 Å². The molecule has 0 bridgehead atoms. The number of hydrogen-bond acceptors (Lipinski definition) is 8. The van der Waals surface area contributed by atoms with Crippen molar-refractivity contribution < 1.29 is 46.2 Å². The number of nitrogens with one attached hydrogen (secondary N) is 2. The Morgan fingerprint density at radius 2 is 1.86 bits per heavy atom. The third-order valence-electron chi connectivity index (χ3n) is 7.43. The Hall–Kier alpha value is -1.88. The van der Waals surface area contributed by atoms with Gasteiger partial charge in [0.1, 0.15) is 5.70 Å². The number of carbonyl (C=O) groups is 3. The second-order valence-electron chi connectivity index (χ2n) is 9.88. The van der Waals surface area contributed by atoms with Gasteiger partial charge in [-0.15, -0.1) is 11.8 Å². The zero-order valence-electron chi connectivity index (χ0n) is 20.1. The van der Waals surface area contributed by atoms with E-state index in [4.69, 9.17) is 0 Å². The van der Waals surface area contributed by atoms with Crippen LogP contribution in [0.5, 0.6) is 0 Å². The van der Waals surface area contributed by atoms with Gasteiger partial charge in [-0.2, -0.15) is 13.2 Å². The highest BCUT2D eigenvalue weighted by atomic mass is 32.2. The lowest BCUT2D eigenvalue weighted by Gasteiger charge is -2.47. The molecular weight excluding hydrogens is 541 g/mol. The Balaban J connectivity index is 1.45. The molecule has 3 saturated heterocycles. The average Bonchev–Trinajstić information content (AvgIpc) is 3.35. The number of likely N-dealkylation sites (tertiary alicyclic amines) is 1. The summed E-state index contributed by atoms with van der Waals surface area (Å²) in [6.07, 6.45) is 1.01. The first-order valence-electron chi connectivity index (χ1n) is 11.9. The number of halogens is 3. The second-order valence-corrected chi connectivity index (χ2v) is 12.9. The van der Waals surface area contributed by atoms with Gasteiger partial charge in [-0.05, 0) is 26.2 Å². The number of β-lactam (4-membered cyclic amide) rings is 1. The number of rotatable bonds is 7. The van der Waals surface area contributed by atoms with Gasteiger partial charge in [0.15, 0.2) is 0 Å². The van der Waals surface area contributed by atoms with Gasteiger partial charge in [-0.1, -0.05) is 6.92 Å². The van der Waals surface area contributed by atoms with E-state index in [-0.39, 0.29) is 16.9 Å². The van der Waals surface area contributed by atoms with E-state index < -0.39 is 63.5 Å². The smallest absolute Gasteiger partial charge is 0.477 e. The van der Waals surface area contributed by atoms with Crippen LogP contribution in [-0.2, 0) is 24.4 Å². The molecule has 37 heavy (non-hydrogen) atoms. The summed E-state index contributed by atoms with van der Waals surface area (Å²) < 4.78 is 63.1. The molecule has 4 aliphatic rings. The quantitative estimate of drug-likeness (QED) is 0.310. The van der Waals surface area contributed by atoms with Crippen LogP contribution in [0.15, 0.2) is 10.6 Å². The largest absolute Gasteiger partial charge is 0.511 e. The molecule has 0 aromatic carbocycles. The number of aliphatic hydroxyl groups excluding tert-OH is 1. The van der Waals surface area contributed by atoms with Crippen molar-refractivity contribution in [3.63, 3.8) is 0 Å². The lowest BCUT2D eigenvalue weighted by Crippen LogP contribution is -2.66. The minimum absolute atomic E-state index is 0.0910. The highest BCUT2D eigenvalue weighted by Gasteiger charge is 2.61. The summed E-state index contributed by atoms with van der Waals surface area (Å²) in [4.78, 5) is 40.9. The third-order valence-corrected chi connectivity index (χ3v) is 10.2. The van der Waals surface area contributed by atoms with Crippen molar-refractivity contribution >= 4 is 39.6 Å². The molecule has 3 fully saturated rings. The Labute approximate surface area is 215 Å². The van der Waals surface area contributed by atoms with Crippen molar-refractivity contribution in [3.8, 4) is 0 Å². The van der Waals surface area contributed by atoms with Gasteiger partial charge in [0, 0.05) is 41.7 Å². The minimum Gasteiger partial charge on any atom is -0.477 e. The van der Waals surface area contributed by atoms with E-state index in [0.717, 1.165) is 11.8 Å². The summed E-state index contributed by atoms with van der Waals surface area (Å²) in [5.74, 6) is -3.93. The highest BCUT2D eigenvalue weighted by Crippen LogP contribution is 2.52. The number of carboxylic acids is 1. The summed E-state index contributed by atoms with van der Waals surface area (Å²) in [6.45, 7) is 4.13. The molecule has 16 heteroatoms. The number of carboxylic acid groups (broad SMARTS) is 1. The van der Waals surface area contributed by atoms with Crippen molar-refractivity contribution in [2.45, 2.75) is 68.1 Å². The summed E-state index contributed by atoms with van der Waals surface area (Å²) in [5, 5.41) is 22.5. The molecule has 4 N–H and O–H groups in total. The topological polar surface area (TPSA) is 156 Å². The van der Waals surface area contributed by atoms with Crippen molar-refractivity contribution in [1.29, 1.82) is 0 Å². The van der Waals surface area contributed by atoms with Crippen molar-refractivity contribution in [2.75, 3.05) is 19.6 Å². The maximum absolute atomic E-state index is 12.9. The molecule has 0 aromatic heterocycles. The Morgan fingerprint density at radius 3 is 2.43 bits per heavy atom. The zero-order valence-corrected chi connectivity index (χ0v) is 21.7. The molecule has 0 aliphatic carbocycles. The number of aliphatic hydroxyl groups is 1. The number of hydrogen-bond donors (Lipinski definition) is 4. The number of thioether (sulfide) groups is 1. The fraction of sp³-hybridized carbons (Fsp3) is 0.762. The van der Waals surface area contributed by atoms with Gasteiger partial charge >= 0.3 is 21.5 Å². The first-order chi connectivity index (χ1) is 17.1. The lowest BCUT2D eigenvalue weighted by atomic mass is 9.78. The molecule has 208 valence electrons. The normalized spacial score (nSPS) is 31.9. The van der Waals surface area contributed by atoms with E-state index in [1.165, 1.54) is 16.5 Å². The first kappa shape index (κ1) is 28.1. The highest BCUT2D eigenvalue weighted by molar-refractivity contribution is 8.03. The minimum atomic E-state index is -5.69. The molecule has 0 aromatic rings. The van der Waals surface area contributed by atoms with Crippen LogP contribution in [0.25, 0.3) is 0 Å². The fourth-order valence-electron chi connectivity index (χ4n) is 5.55. The first-order valence-corrected chi connectivity index (χ1v) is 14.3. The van der Waals surface area contributed by atoms with Crippen LogP contribution in [0.1, 0.15) is 33.1 Å². The van der Waals surface area contributed by atoms with Gasteiger partial charge in [-0.25, -0.2) is 17.9 Å². The van der Waals surface area contributed by atoms with Crippen LogP contribution >= 0.6 is 11.8 Å². The van der Waals surface area contributed by atoms with Crippen LogP contribution in [0, 0.1) is 11.8 Å². The standard InChI is InChI=1S/C21H29F3N4O7S2/c1-9-15-14(10(2)26-37(34,35)21(22,23)24)19(31)28(15)16(20(32)33)17(9)36-12-7-13(25-8-12)18(30)27-5-3-11(29)4-6-27/h9-15,25-26,29H,3-8H2,1-2H3,(H,32,33)/t9-,10-,12+,13+,14-,15-/m1/s1. The van der Waals surface area contributed by atoms with Crippen molar-refractivity contribution in [3.05, 3.63) is 10.6 Å². The molecule has 2 amide bonds. The third kappa shape index (κ3) is 5.10. The molecule has 6 atom stereocenters. The summed E-state index contributed by atoms with van der Waals surface area (Å²) in [6, 6.07) is -2.68. The van der Waals surface area contributed by atoms with Crippen LogP contribution in [0.3, 0.4) is 0 Å². The van der Waals surface area contributed by atoms with E-state index in [1.54, 1.807) is 11.8 Å². The lowest BCUT2D eigenvalue weighted by molar-refractivity contribution is -0.158. The molecule has 4 heterocycles. The predicted octanol–water partition coefficient (Wildman–Crippen LogP) is 0.0340. The molecule has 0 radical (unpaired) electrons. The van der Waals surface area contributed by atoms with Crippen molar-refractivity contribution in [1.82, 2.24) is 19.8 Å². The predicted molar refractivity (Wildman–Crippen MR) is 125 cm³/mol. The number of alkyl halides is 3. The van der Waals surface area contributed by atoms with Crippen molar-refractivity contribution in [2.24, 2.45) is 11.8 Å². The molecular formula is C21H29F3N4O7S2. The van der Waals surface area contributed by atoms with Gasteiger partial charge in [0.2, 0.25) is 11.8 Å². The number of piperidine rings is 1. The monoisotopic (exact) mass is 570 g/mol. The van der Waals surface area contributed by atoms with Gasteiger partial charge < -0.3 is 25.3 Å². The maximum Gasteiger partial charge on any atom is 0.511 e. The van der Waals surface area contributed by atoms with E-state index in [1.807, 2.05) is 0 Å². The van der Waals surface area contributed by atoms with E-state index in [2.05, 4.69) is 5.32 Å². The average molecular weight is 571 g/mol. The zero-order chi connectivity index (χ0) is 27.4. The Morgan fingerprint density at radius 1 is 1.24 bits per heavy atom. The number of amides is 2. The van der Waals surface area contributed by atoms with E-state index >= 15 is 0 Å². The molecule has 4 aliphatic heterocycles. The fourth-order valence-corrected chi connectivity index (χ4v) is 7.80. The number of sulfonamides is 1. The molecule has 0 spiro atoms. The Kier molecular flexibility index (Phi) is 7.62. The molecule has 0 unspecified atom stereocenters. The molecule has 11 nitrogen and oxygen atoms in total. The van der Waals surface area contributed by atoms with Crippen LogP contribution in [-0.4, -0.2) is 101 Å². The summed E-state index contributed by atoms with van der Waals surface area (Å²) >= 11 is 1.22. The van der Waals surface area contributed by atoms with Crippen LogP contribution in [0.2, 0.25) is 0 Å². The van der Waals surface area contributed by atoms with E-state index in [9.17, 15) is 46.2 Å². The summed E-state index contributed by atoms with van der Waals surface area (Å²) in [7, 11) is -5.69. The Bertz CT molecular complexity index is 1110. The number of nitrogens with zero attached hydrogens (tertiary/aromatic N) is 2. The SMILES string of the molecule is C[C@@H](NS(=O)(=O)C(F)(F)F)[C@H]1C(=O)N2C(C(=O)O)=C(S[C@@H]3CN[C@H](C(=O)N4CCC(O)CC4)C3)[C@H](C)[C@H]12. The number of carbonyl (C=O) groups excluding carboxylic acids is 2. The molecule has 4 rings (SSSR count). The molecule has 0 saturated carbocycles. The summed E-state index contributed by atoms with van der Waals surface area (Å²) in [5.41, 5.74) is -5.80. The van der Waals surface area contributed by atoms with Crippen LogP contribution in [0.4, 0.5) is 13.2 Å². The van der Waals surface area contributed by atoms with E-state index in [0.29, 0.717) is 43.8 Å².